The summed E-state index contributed by atoms with van der Waals surface area (Å²) >= 11 is 0. The second kappa shape index (κ2) is 5.12. The minimum Gasteiger partial charge on any atom is -0.480 e. The summed E-state index contributed by atoms with van der Waals surface area (Å²) in [6, 6.07) is 0.979. The average Bonchev–Trinajstić information content (AvgIpc) is 2.66. The molecule has 0 radical (unpaired) electrons. The molecule has 10 heteroatoms. The Bertz CT molecular complexity index is 948. The van der Waals surface area contributed by atoms with Crippen LogP contribution in [0.5, 0.6) is 0 Å². The fraction of sp³-hybridized carbons (Fsp3) is 0.333. The van der Waals surface area contributed by atoms with Gasteiger partial charge in [-0.05, 0) is 32.1 Å². The van der Waals surface area contributed by atoms with Crippen LogP contribution in [0.2, 0.25) is 0 Å². The largest absolute Gasteiger partial charge is 0.480 e. The number of sulfone groups is 1. The Morgan fingerprint density at radius 2 is 1.96 bits per heavy atom. The molecule has 9 nitrogen and oxygen atoms in total. The SMILES string of the molecule is CC1(C)[C@H](C(=O)O)N2C(=O)C(=Cc3cc(C(=O)O)ccn3)[C@H]2S1(=O)=O. The Labute approximate surface area is 142 Å². The van der Waals surface area contributed by atoms with E-state index in [1.165, 1.54) is 38.3 Å². The molecule has 2 aliphatic heterocycles. The van der Waals surface area contributed by atoms with Crippen molar-refractivity contribution in [2.45, 2.75) is 30.0 Å². The van der Waals surface area contributed by atoms with Crippen molar-refractivity contribution in [2.24, 2.45) is 0 Å². The van der Waals surface area contributed by atoms with Gasteiger partial charge in [-0.1, -0.05) is 0 Å². The number of carboxylic acid groups (broad SMARTS) is 2. The van der Waals surface area contributed by atoms with Crippen LogP contribution >= 0.6 is 0 Å². The number of carboxylic acids is 2. The van der Waals surface area contributed by atoms with Crippen molar-refractivity contribution in [1.82, 2.24) is 9.88 Å². The first-order chi connectivity index (χ1) is 11.5. The number of β-lactam (4-membered cyclic amide) rings is 1. The van der Waals surface area contributed by atoms with Gasteiger partial charge in [-0.3, -0.25) is 9.78 Å². The van der Waals surface area contributed by atoms with Crippen LogP contribution in [-0.4, -0.2) is 62.5 Å². The van der Waals surface area contributed by atoms with E-state index >= 15 is 0 Å². The third-order valence-corrected chi connectivity index (χ3v) is 7.29. The molecule has 2 saturated heterocycles. The van der Waals surface area contributed by atoms with E-state index in [-0.39, 0.29) is 16.8 Å². The summed E-state index contributed by atoms with van der Waals surface area (Å²) in [5, 5.41) is 16.9. The zero-order chi connectivity index (χ0) is 18.7. The van der Waals surface area contributed by atoms with Crippen LogP contribution in [-0.2, 0) is 19.4 Å². The van der Waals surface area contributed by atoms with Gasteiger partial charge in [-0.15, -0.1) is 0 Å². The Balaban J connectivity index is 2.08. The molecule has 1 aromatic heterocycles. The number of amides is 1. The molecule has 0 unspecified atom stereocenters. The molecule has 2 atom stereocenters. The summed E-state index contributed by atoms with van der Waals surface area (Å²) in [4.78, 5) is 39.5. The summed E-state index contributed by atoms with van der Waals surface area (Å²) in [5.74, 6) is -3.30. The number of carbonyl (C=O) groups excluding carboxylic acids is 1. The van der Waals surface area contributed by atoms with Crippen LogP contribution in [0, 0.1) is 0 Å². The molecular weight excluding hydrogens is 352 g/mol. The van der Waals surface area contributed by atoms with Gasteiger partial charge in [0.1, 0.15) is 4.75 Å². The maximum absolute atomic E-state index is 12.7. The zero-order valence-corrected chi connectivity index (χ0v) is 14.0. The fourth-order valence-corrected chi connectivity index (χ4v) is 5.28. The van der Waals surface area contributed by atoms with Gasteiger partial charge in [0.25, 0.3) is 5.91 Å². The predicted octanol–water partition coefficient (Wildman–Crippen LogP) is -0.00830. The molecule has 132 valence electrons. The highest BCUT2D eigenvalue weighted by atomic mass is 32.2. The smallest absolute Gasteiger partial charge is 0.335 e. The highest BCUT2D eigenvalue weighted by Crippen LogP contribution is 2.48. The molecule has 1 amide bonds. The van der Waals surface area contributed by atoms with E-state index in [0.717, 1.165) is 4.90 Å². The van der Waals surface area contributed by atoms with E-state index in [4.69, 9.17) is 5.11 Å². The van der Waals surface area contributed by atoms with E-state index in [2.05, 4.69) is 4.98 Å². The van der Waals surface area contributed by atoms with Crippen molar-refractivity contribution >= 4 is 33.8 Å². The van der Waals surface area contributed by atoms with Crippen molar-refractivity contribution in [1.29, 1.82) is 0 Å². The van der Waals surface area contributed by atoms with Gasteiger partial charge in [0.15, 0.2) is 21.3 Å². The first kappa shape index (κ1) is 17.1. The molecule has 1 aromatic rings. The van der Waals surface area contributed by atoms with Crippen molar-refractivity contribution in [3.63, 3.8) is 0 Å². The minimum absolute atomic E-state index is 0.0662. The lowest BCUT2D eigenvalue weighted by atomic mass is 9.95. The van der Waals surface area contributed by atoms with Crippen LogP contribution in [0.4, 0.5) is 0 Å². The number of pyridine rings is 1. The number of fused-ring (bicyclic) bond motifs is 1. The van der Waals surface area contributed by atoms with Gasteiger partial charge >= 0.3 is 11.9 Å². The van der Waals surface area contributed by atoms with Crippen molar-refractivity contribution in [2.75, 3.05) is 0 Å². The second-order valence-electron chi connectivity index (χ2n) is 6.33. The highest BCUT2D eigenvalue weighted by Gasteiger charge is 2.70. The number of aliphatic carboxylic acids is 1. The van der Waals surface area contributed by atoms with Crippen LogP contribution in [0.3, 0.4) is 0 Å². The van der Waals surface area contributed by atoms with Gasteiger partial charge in [0.05, 0.1) is 16.8 Å². The van der Waals surface area contributed by atoms with E-state index < -0.39 is 43.8 Å². The monoisotopic (exact) mass is 366 g/mol. The van der Waals surface area contributed by atoms with Crippen LogP contribution in [0.25, 0.3) is 6.08 Å². The van der Waals surface area contributed by atoms with Gasteiger partial charge in [0, 0.05) is 6.20 Å². The van der Waals surface area contributed by atoms with Crippen molar-refractivity contribution in [3.8, 4) is 0 Å². The van der Waals surface area contributed by atoms with Crippen LogP contribution in [0.15, 0.2) is 23.9 Å². The standard InChI is InChI=1S/C15H14N2O7S/c1-15(2)10(14(21)22)17-11(18)9(12(17)25(15,23)24)6-8-5-7(13(19)20)3-4-16-8/h3-6,10,12H,1-2H3,(H,19,20)(H,21,22)/t10-,12+/m0/s1. The molecule has 0 bridgehead atoms. The molecule has 3 heterocycles. The molecule has 0 spiro atoms. The van der Waals surface area contributed by atoms with E-state index in [1.807, 2.05) is 0 Å². The van der Waals surface area contributed by atoms with Gasteiger partial charge < -0.3 is 15.1 Å². The second-order valence-corrected chi connectivity index (χ2v) is 8.92. The van der Waals surface area contributed by atoms with E-state index in [9.17, 15) is 27.9 Å². The molecule has 0 aromatic carbocycles. The number of hydrogen-bond acceptors (Lipinski definition) is 6. The van der Waals surface area contributed by atoms with Crippen LogP contribution < -0.4 is 0 Å². The maximum atomic E-state index is 12.7. The van der Waals surface area contributed by atoms with Crippen molar-refractivity contribution in [3.05, 3.63) is 35.2 Å². The molecule has 3 rings (SSSR count). The topological polar surface area (TPSA) is 142 Å². The number of carbonyl (C=O) groups is 3. The lowest BCUT2D eigenvalue weighted by Crippen LogP contribution is -2.58. The summed E-state index contributed by atoms with van der Waals surface area (Å²) in [7, 11) is -3.98. The maximum Gasteiger partial charge on any atom is 0.335 e. The Morgan fingerprint density at radius 1 is 1.32 bits per heavy atom. The van der Waals surface area contributed by atoms with E-state index in [0.29, 0.717) is 0 Å². The summed E-state index contributed by atoms with van der Waals surface area (Å²) in [5.41, 5.74) is -0.0787. The first-order valence-electron chi connectivity index (χ1n) is 7.20. The highest BCUT2D eigenvalue weighted by molar-refractivity contribution is 7.94. The molecule has 2 aliphatic rings. The number of aromatic nitrogens is 1. The molecule has 0 saturated carbocycles. The number of rotatable bonds is 3. The normalized spacial score (nSPS) is 27.7. The first-order valence-corrected chi connectivity index (χ1v) is 8.74. The third-order valence-electron chi connectivity index (χ3n) is 4.53. The Hall–Kier alpha value is -2.75. The molecule has 0 aliphatic carbocycles. The summed E-state index contributed by atoms with van der Waals surface area (Å²) in [6.07, 6.45) is 2.41. The lowest BCUT2D eigenvalue weighted by Gasteiger charge is -2.37. The van der Waals surface area contributed by atoms with Gasteiger partial charge in [0.2, 0.25) is 0 Å². The summed E-state index contributed by atoms with van der Waals surface area (Å²) in [6.45, 7) is 2.54. The molecule has 25 heavy (non-hydrogen) atoms. The fourth-order valence-electron chi connectivity index (χ4n) is 3.16. The van der Waals surface area contributed by atoms with E-state index in [1.54, 1.807) is 0 Å². The number of hydrogen-bond donors (Lipinski definition) is 2. The number of aromatic carboxylic acids is 1. The zero-order valence-electron chi connectivity index (χ0n) is 13.2. The Morgan fingerprint density at radius 3 is 2.52 bits per heavy atom. The van der Waals surface area contributed by atoms with Gasteiger partial charge in [-0.25, -0.2) is 18.0 Å². The van der Waals surface area contributed by atoms with Crippen LogP contribution in [0.1, 0.15) is 29.9 Å². The lowest BCUT2D eigenvalue weighted by molar-refractivity contribution is -0.152. The predicted molar refractivity (Wildman–Crippen MR) is 84.2 cm³/mol. The number of nitrogens with zero attached hydrogens (tertiary/aromatic N) is 2. The average molecular weight is 366 g/mol. The minimum atomic E-state index is -3.98. The summed E-state index contributed by atoms with van der Waals surface area (Å²) < 4.78 is 23.8. The van der Waals surface area contributed by atoms with Crippen molar-refractivity contribution < 1.29 is 33.0 Å². The molecule has 2 fully saturated rings. The Kier molecular flexibility index (Phi) is 3.50. The van der Waals surface area contributed by atoms with Gasteiger partial charge in [-0.2, -0.15) is 0 Å². The third kappa shape index (κ3) is 2.17. The molecular formula is C15H14N2O7S. The quantitative estimate of drug-likeness (QED) is 0.562. The molecule has 2 N–H and O–H groups in total.